The molecule has 31 heavy (non-hydrogen) atoms. The van der Waals surface area contributed by atoms with Gasteiger partial charge in [0.1, 0.15) is 6.04 Å². The molecule has 0 saturated heterocycles. The standard InChI is InChI=1S/C24H24ClN3O3/c1-16(2)22(27-23(30)19-7-3-4-8-20(19)25)24(31)26-18-12-10-17(11-13-18)15-28-14-6-5-9-21(28)29/h3-14,16,22H,15H2,1-2H3,(H,26,31)(H,27,30). The first-order chi connectivity index (χ1) is 14.8. The Morgan fingerprint density at radius 3 is 2.29 bits per heavy atom. The quantitative estimate of drug-likeness (QED) is 0.587. The lowest BCUT2D eigenvalue weighted by Crippen LogP contribution is -2.47. The van der Waals surface area contributed by atoms with Crippen molar-refractivity contribution in [2.45, 2.75) is 26.4 Å². The molecular formula is C24H24ClN3O3. The summed E-state index contributed by atoms with van der Waals surface area (Å²) in [6.45, 7) is 4.16. The first-order valence-electron chi connectivity index (χ1n) is 9.96. The van der Waals surface area contributed by atoms with E-state index < -0.39 is 11.9 Å². The van der Waals surface area contributed by atoms with Gasteiger partial charge in [-0.3, -0.25) is 14.4 Å². The summed E-state index contributed by atoms with van der Waals surface area (Å²) in [5.41, 5.74) is 1.78. The largest absolute Gasteiger partial charge is 0.340 e. The highest BCUT2D eigenvalue weighted by Crippen LogP contribution is 2.16. The van der Waals surface area contributed by atoms with Crippen molar-refractivity contribution >= 4 is 29.1 Å². The third-order valence-corrected chi connectivity index (χ3v) is 5.16. The molecule has 1 aromatic heterocycles. The van der Waals surface area contributed by atoms with Crippen LogP contribution in [0.5, 0.6) is 0 Å². The van der Waals surface area contributed by atoms with E-state index in [1.165, 1.54) is 6.07 Å². The summed E-state index contributed by atoms with van der Waals surface area (Å²) in [6.07, 6.45) is 1.73. The first kappa shape index (κ1) is 22.3. The van der Waals surface area contributed by atoms with Crippen molar-refractivity contribution in [3.8, 4) is 0 Å². The third-order valence-electron chi connectivity index (χ3n) is 4.83. The highest BCUT2D eigenvalue weighted by molar-refractivity contribution is 6.33. The van der Waals surface area contributed by atoms with Crippen molar-refractivity contribution in [1.82, 2.24) is 9.88 Å². The van der Waals surface area contributed by atoms with Crippen LogP contribution in [0.3, 0.4) is 0 Å². The fourth-order valence-electron chi connectivity index (χ4n) is 3.10. The smallest absolute Gasteiger partial charge is 0.253 e. The molecule has 0 aliphatic carbocycles. The molecule has 0 saturated carbocycles. The van der Waals surface area contributed by atoms with Crippen molar-refractivity contribution in [3.05, 3.63) is 99.4 Å². The maximum absolute atomic E-state index is 12.8. The van der Waals surface area contributed by atoms with Crippen LogP contribution in [-0.4, -0.2) is 22.4 Å². The minimum Gasteiger partial charge on any atom is -0.340 e. The van der Waals surface area contributed by atoms with E-state index in [-0.39, 0.29) is 17.4 Å². The maximum atomic E-state index is 12.8. The van der Waals surface area contributed by atoms with E-state index in [9.17, 15) is 14.4 Å². The van der Waals surface area contributed by atoms with Crippen molar-refractivity contribution in [2.24, 2.45) is 5.92 Å². The second-order valence-electron chi connectivity index (χ2n) is 7.53. The van der Waals surface area contributed by atoms with Gasteiger partial charge in [0.15, 0.2) is 0 Å². The first-order valence-corrected chi connectivity index (χ1v) is 10.3. The van der Waals surface area contributed by atoms with Crippen LogP contribution < -0.4 is 16.2 Å². The zero-order chi connectivity index (χ0) is 22.4. The maximum Gasteiger partial charge on any atom is 0.253 e. The topological polar surface area (TPSA) is 80.2 Å². The van der Waals surface area contributed by atoms with Gasteiger partial charge in [0, 0.05) is 18.0 Å². The number of hydrogen-bond donors (Lipinski definition) is 2. The van der Waals surface area contributed by atoms with Gasteiger partial charge in [0.25, 0.3) is 11.5 Å². The van der Waals surface area contributed by atoms with Crippen LogP contribution >= 0.6 is 11.6 Å². The number of aromatic nitrogens is 1. The van der Waals surface area contributed by atoms with Gasteiger partial charge in [-0.05, 0) is 41.8 Å². The van der Waals surface area contributed by atoms with E-state index >= 15 is 0 Å². The van der Waals surface area contributed by atoms with E-state index in [0.29, 0.717) is 22.8 Å². The minimum atomic E-state index is -0.730. The summed E-state index contributed by atoms with van der Waals surface area (Å²) >= 11 is 6.09. The molecule has 1 unspecified atom stereocenters. The molecule has 160 valence electrons. The van der Waals surface area contributed by atoms with Crippen LogP contribution in [0.15, 0.2) is 77.7 Å². The summed E-state index contributed by atoms with van der Waals surface area (Å²) in [7, 11) is 0. The van der Waals surface area contributed by atoms with E-state index in [4.69, 9.17) is 11.6 Å². The molecule has 2 aromatic carbocycles. The lowest BCUT2D eigenvalue weighted by Gasteiger charge is -2.22. The Balaban J connectivity index is 1.66. The molecule has 3 aromatic rings. The monoisotopic (exact) mass is 437 g/mol. The van der Waals surface area contributed by atoms with Gasteiger partial charge in [-0.1, -0.05) is 55.8 Å². The number of benzene rings is 2. The second kappa shape index (κ2) is 10.1. The van der Waals surface area contributed by atoms with Gasteiger partial charge in [-0.2, -0.15) is 0 Å². The van der Waals surface area contributed by atoms with Gasteiger partial charge in [0.05, 0.1) is 17.1 Å². The lowest BCUT2D eigenvalue weighted by molar-refractivity contribution is -0.118. The van der Waals surface area contributed by atoms with Gasteiger partial charge in [-0.15, -0.1) is 0 Å². The second-order valence-corrected chi connectivity index (χ2v) is 7.94. The Hall–Kier alpha value is -3.38. The number of carbonyl (C=O) groups excluding carboxylic acids is 2. The van der Waals surface area contributed by atoms with Crippen LogP contribution in [0.25, 0.3) is 0 Å². The molecule has 0 radical (unpaired) electrons. The van der Waals surface area contributed by atoms with Crippen LogP contribution in [0.4, 0.5) is 5.69 Å². The number of pyridine rings is 1. The number of nitrogens with zero attached hydrogens (tertiary/aromatic N) is 1. The fourth-order valence-corrected chi connectivity index (χ4v) is 3.32. The van der Waals surface area contributed by atoms with Crippen molar-refractivity contribution in [1.29, 1.82) is 0 Å². The van der Waals surface area contributed by atoms with Crippen LogP contribution in [-0.2, 0) is 11.3 Å². The van der Waals surface area contributed by atoms with Gasteiger partial charge in [0.2, 0.25) is 5.91 Å². The fraction of sp³-hybridized carbons (Fsp3) is 0.208. The molecule has 0 aliphatic heterocycles. The molecule has 1 atom stereocenters. The minimum absolute atomic E-state index is 0.0751. The number of amides is 2. The SMILES string of the molecule is CC(C)C(NC(=O)c1ccccc1Cl)C(=O)Nc1ccc(Cn2ccccc2=O)cc1. The Bertz CT molecular complexity index is 1120. The summed E-state index contributed by atoms with van der Waals surface area (Å²) in [5.74, 6) is -0.846. The summed E-state index contributed by atoms with van der Waals surface area (Å²) < 4.78 is 1.60. The molecule has 0 bridgehead atoms. The number of rotatable bonds is 7. The third kappa shape index (κ3) is 5.83. The number of carbonyl (C=O) groups is 2. The van der Waals surface area contributed by atoms with Crippen LogP contribution in [0.2, 0.25) is 5.02 Å². The highest BCUT2D eigenvalue weighted by atomic mass is 35.5. The molecule has 7 heteroatoms. The summed E-state index contributed by atoms with van der Waals surface area (Å²) in [6, 6.07) is 18.2. The average Bonchev–Trinajstić information content (AvgIpc) is 2.75. The normalized spacial score (nSPS) is 11.7. The molecular weight excluding hydrogens is 414 g/mol. The number of anilines is 1. The Morgan fingerprint density at radius 1 is 0.968 bits per heavy atom. The van der Waals surface area contributed by atoms with E-state index in [2.05, 4.69) is 10.6 Å². The van der Waals surface area contributed by atoms with E-state index in [1.54, 1.807) is 59.3 Å². The molecule has 0 spiro atoms. The zero-order valence-corrected chi connectivity index (χ0v) is 18.1. The molecule has 2 N–H and O–H groups in total. The van der Waals surface area contributed by atoms with Gasteiger partial charge >= 0.3 is 0 Å². The van der Waals surface area contributed by atoms with Crippen molar-refractivity contribution in [2.75, 3.05) is 5.32 Å². The van der Waals surface area contributed by atoms with E-state index in [1.807, 2.05) is 26.0 Å². The number of halogens is 1. The Morgan fingerprint density at radius 2 is 1.65 bits per heavy atom. The average molecular weight is 438 g/mol. The zero-order valence-electron chi connectivity index (χ0n) is 17.3. The van der Waals surface area contributed by atoms with Crippen LogP contribution in [0.1, 0.15) is 29.8 Å². The molecule has 1 heterocycles. The van der Waals surface area contributed by atoms with Crippen molar-refractivity contribution in [3.63, 3.8) is 0 Å². The van der Waals surface area contributed by atoms with E-state index in [0.717, 1.165) is 5.56 Å². The number of hydrogen-bond acceptors (Lipinski definition) is 3. The predicted octanol–water partition coefficient (Wildman–Crippen LogP) is 3.94. The van der Waals surface area contributed by atoms with Gasteiger partial charge < -0.3 is 15.2 Å². The van der Waals surface area contributed by atoms with Gasteiger partial charge in [-0.25, -0.2) is 0 Å². The highest BCUT2D eigenvalue weighted by Gasteiger charge is 2.25. The van der Waals surface area contributed by atoms with Crippen LogP contribution in [0, 0.1) is 5.92 Å². The summed E-state index contributed by atoms with van der Waals surface area (Å²) in [5, 5.41) is 5.94. The molecule has 0 fully saturated rings. The molecule has 3 rings (SSSR count). The lowest BCUT2D eigenvalue weighted by atomic mass is 10.0. The molecule has 2 amide bonds. The summed E-state index contributed by atoms with van der Waals surface area (Å²) in [4.78, 5) is 37.3. The molecule has 0 aliphatic rings. The van der Waals surface area contributed by atoms with Crippen molar-refractivity contribution < 1.29 is 9.59 Å². The predicted molar refractivity (Wildman–Crippen MR) is 122 cm³/mol. The Labute approximate surface area is 185 Å². The Kier molecular flexibility index (Phi) is 7.26. The molecule has 6 nitrogen and oxygen atoms in total. The number of nitrogens with one attached hydrogen (secondary N) is 2.